The standard InChI is InChI=1S/C9H10FNO2/c1-7(12)11-13-6-8-4-2-3-5-9(8)10/h2-5H,6H2,1H3,(H,11,12). The Kier molecular flexibility index (Phi) is 3.40. The Morgan fingerprint density at radius 1 is 1.54 bits per heavy atom. The molecule has 0 aliphatic heterocycles. The molecule has 70 valence electrons. The Labute approximate surface area is 75.5 Å². The zero-order valence-electron chi connectivity index (χ0n) is 7.21. The minimum absolute atomic E-state index is 0.0340. The maximum atomic E-state index is 12.9. The molecule has 0 fully saturated rings. The second-order valence-corrected chi connectivity index (χ2v) is 2.54. The predicted octanol–water partition coefficient (Wildman–Crippen LogP) is 1.39. The van der Waals surface area contributed by atoms with Gasteiger partial charge < -0.3 is 0 Å². The van der Waals surface area contributed by atoms with Gasteiger partial charge in [-0.25, -0.2) is 9.87 Å². The van der Waals surface area contributed by atoms with Gasteiger partial charge in [0.2, 0.25) is 5.91 Å². The number of nitrogens with one attached hydrogen (secondary N) is 1. The van der Waals surface area contributed by atoms with Gasteiger partial charge in [0.05, 0.1) is 0 Å². The molecule has 0 bridgehead atoms. The highest BCUT2D eigenvalue weighted by molar-refractivity contribution is 5.71. The molecule has 0 atom stereocenters. The number of hydroxylamine groups is 1. The van der Waals surface area contributed by atoms with E-state index in [2.05, 4.69) is 5.48 Å². The first-order chi connectivity index (χ1) is 6.20. The quantitative estimate of drug-likeness (QED) is 0.719. The number of rotatable bonds is 3. The molecule has 1 aromatic rings. The van der Waals surface area contributed by atoms with Gasteiger partial charge in [0.25, 0.3) is 0 Å². The third-order valence-corrected chi connectivity index (χ3v) is 1.40. The van der Waals surface area contributed by atoms with Crippen LogP contribution in [-0.4, -0.2) is 5.91 Å². The minimum atomic E-state index is -0.340. The molecule has 1 N–H and O–H groups in total. The van der Waals surface area contributed by atoms with Crippen molar-refractivity contribution < 1.29 is 14.0 Å². The van der Waals surface area contributed by atoms with Gasteiger partial charge >= 0.3 is 0 Å². The lowest BCUT2D eigenvalue weighted by atomic mass is 10.2. The largest absolute Gasteiger partial charge is 0.273 e. The van der Waals surface area contributed by atoms with E-state index in [4.69, 9.17) is 4.84 Å². The molecule has 0 aliphatic carbocycles. The minimum Gasteiger partial charge on any atom is -0.273 e. The van der Waals surface area contributed by atoms with Crippen LogP contribution >= 0.6 is 0 Å². The van der Waals surface area contributed by atoms with E-state index in [1.54, 1.807) is 18.2 Å². The molecule has 1 rings (SSSR count). The molecule has 0 saturated carbocycles. The number of amides is 1. The van der Waals surface area contributed by atoms with Gasteiger partial charge in [0.15, 0.2) is 0 Å². The number of halogens is 1. The first-order valence-corrected chi connectivity index (χ1v) is 3.82. The van der Waals surface area contributed by atoms with E-state index in [1.807, 2.05) is 0 Å². The van der Waals surface area contributed by atoms with E-state index in [0.29, 0.717) is 5.56 Å². The molecule has 0 aliphatic rings. The smallest absolute Gasteiger partial charge is 0.240 e. The average molecular weight is 183 g/mol. The van der Waals surface area contributed by atoms with E-state index in [9.17, 15) is 9.18 Å². The molecular weight excluding hydrogens is 173 g/mol. The zero-order chi connectivity index (χ0) is 9.68. The summed E-state index contributed by atoms with van der Waals surface area (Å²) in [6, 6.07) is 6.23. The summed E-state index contributed by atoms with van der Waals surface area (Å²) in [5.41, 5.74) is 2.53. The number of carbonyl (C=O) groups excluding carboxylic acids is 1. The molecule has 0 heterocycles. The lowest BCUT2D eigenvalue weighted by Gasteiger charge is -2.03. The summed E-state index contributed by atoms with van der Waals surface area (Å²) in [6.45, 7) is 1.35. The monoisotopic (exact) mass is 183 g/mol. The average Bonchev–Trinajstić information content (AvgIpc) is 2.08. The first kappa shape index (κ1) is 9.67. The van der Waals surface area contributed by atoms with Crippen LogP contribution in [0.3, 0.4) is 0 Å². The Bertz CT molecular complexity index is 301. The van der Waals surface area contributed by atoms with E-state index in [-0.39, 0.29) is 18.3 Å². The molecule has 0 radical (unpaired) electrons. The number of hydrogen-bond donors (Lipinski definition) is 1. The molecule has 0 spiro atoms. The topological polar surface area (TPSA) is 38.3 Å². The molecule has 1 amide bonds. The maximum absolute atomic E-state index is 12.9. The Hall–Kier alpha value is -1.42. The van der Waals surface area contributed by atoms with Gasteiger partial charge in [-0.2, -0.15) is 0 Å². The van der Waals surface area contributed by atoms with Gasteiger partial charge in [0, 0.05) is 12.5 Å². The Balaban J connectivity index is 2.45. The number of hydrogen-bond acceptors (Lipinski definition) is 2. The highest BCUT2D eigenvalue weighted by Gasteiger charge is 2.00. The lowest BCUT2D eigenvalue weighted by Crippen LogP contribution is -2.20. The van der Waals surface area contributed by atoms with Crippen molar-refractivity contribution in [3.05, 3.63) is 35.6 Å². The van der Waals surface area contributed by atoms with Crippen molar-refractivity contribution >= 4 is 5.91 Å². The second kappa shape index (κ2) is 4.57. The van der Waals surface area contributed by atoms with Gasteiger partial charge in [-0.05, 0) is 6.07 Å². The van der Waals surface area contributed by atoms with Crippen LogP contribution in [-0.2, 0) is 16.2 Å². The van der Waals surface area contributed by atoms with Crippen LogP contribution in [0.2, 0.25) is 0 Å². The van der Waals surface area contributed by atoms with Gasteiger partial charge in [0.1, 0.15) is 12.4 Å². The molecule has 0 saturated heterocycles. The van der Waals surface area contributed by atoms with Crippen molar-refractivity contribution in [2.24, 2.45) is 0 Å². The van der Waals surface area contributed by atoms with Gasteiger partial charge in [-0.3, -0.25) is 9.63 Å². The molecule has 3 nitrogen and oxygen atoms in total. The number of benzene rings is 1. The van der Waals surface area contributed by atoms with Crippen LogP contribution in [0.25, 0.3) is 0 Å². The summed E-state index contributed by atoms with van der Waals surface area (Å²) in [6.07, 6.45) is 0. The molecule has 4 heteroatoms. The summed E-state index contributed by atoms with van der Waals surface area (Å²) in [4.78, 5) is 15.1. The normalized spacial score (nSPS) is 9.69. The van der Waals surface area contributed by atoms with Crippen LogP contribution in [0.4, 0.5) is 4.39 Å². The molecular formula is C9H10FNO2. The van der Waals surface area contributed by atoms with E-state index < -0.39 is 0 Å². The van der Waals surface area contributed by atoms with Crippen LogP contribution in [0.15, 0.2) is 24.3 Å². The van der Waals surface area contributed by atoms with Gasteiger partial charge in [-0.15, -0.1) is 0 Å². The second-order valence-electron chi connectivity index (χ2n) is 2.54. The lowest BCUT2D eigenvalue weighted by molar-refractivity contribution is -0.132. The zero-order valence-corrected chi connectivity index (χ0v) is 7.21. The Morgan fingerprint density at radius 2 is 2.23 bits per heavy atom. The maximum Gasteiger partial charge on any atom is 0.240 e. The van der Waals surface area contributed by atoms with E-state index >= 15 is 0 Å². The van der Waals surface area contributed by atoms with Crippen molar-refractivity contribution in [2.45, 2.75) is 13.5 Å². The van der Waals surface area contributed by atoms with Crippen molar-refractivity contribution in [2.75, 3.05) is 0 Å². The van der Waals surface area contributed by atoms with Crippen LogP contribution < -0.4 is 5.48 Å². The Morgan fingerprint density at radius 3 is 2.85 bits per heavy atom. The third-order valence-electron chi connectivity index (χ3n) is 1.40. The fraction of sp³-hybridized carbons (Fsp3) is 0.222. The summed E-state index contributed by atoms with van der Waals surface area (Å²) in [7, 11) is 0. The summed E-state index contributed by atoms with van der Waals surface area (Å²) < 4.78 is 12.9. The highest BCUT2D eigenvalue weighted by atomic mass is 19.1. The third kappa shape index (κ3) is 3.21. The van der Waals surface area contributed by atoms with Crippen LogP contribution in [0, 0.1) is 5.82 Å². The summed E-state index contributed by atoms with van der Waals surface area (Å²) in [5.74, 6) is -0.649. The van der Waals surface area contributed by atoms with Crippen LogP contribution in [0.1, 0.15) is 12.5 Å². The van der Waals surface area contributed by atoms with Crippen molar-refractivity contribution in [1.82, 2.24) is 5.48 Å². The fourth-order valence-corrected chi connectivity index (χ4v) is 0.831. The molecule has 0 aromatic heterocycles. The first-order valence-electron chi connectivity index (χ1n) is 3.82. The SMILES string of the molecule is CC(=O)NOCc1ccccc1F. The van der Waals surface area contributed by atoms with E-state index in [0.717, 1.165) is 0 Å². The number of carbonyl (C=O) groups is 1. The molecule has 0 unspecified atom stereocenters. The highest BCUT2D eigenvalue weighted by Crippen LogP contribution is 2.06. The molecule has 1 aromatic carbocycles. The molecule has 13 heavy (non-hydrogen) atoms. The summed E-state index contributed by atoms with van der Waals surface area (Å²) in [5, 5.41) is 0. The van der Waals surface area contributed by atoms with Crippen molar-refractivity contribution in [1.29, 1.82) is 0 Å². The van der Waals surface area contributed by atoms with Gasteiger partial charge in [-0.1, -0.05) is 18.2 Å². The van der Waals surface area contributed by atoms with Crippen molar-refractivity contribution in [3.63, 3.8) is 0 Å². The predicted molar refractivity (Wildman–Crippen MR) is 45.0 cm³/mol. The fourth-order valence-electron chi connectivity index (χ4n) is 0.831. The van der Waals surface area contributed by atoms with Crippen molar-refractivity contribution in [3.8, 4) is 0 Å². The van der Waals surface area contributed by atoms with Crippen LogP contribution in [0.5, 0.6) is 0 Å². The van der Waals surface area contributed by atoms with E-state index in [1.165, 1.54) is 13.0 Å². The summed E-state index contributed by atoms with van der Waals surface area (Å²) >= 11 is 0.